The highest BCUT2D eigenvalue weighted by Crippen LogP contribution is 2.28. The summed E-state index contributed by atoms with van der Waals surface area (Å²) < 4.78 is 0. The van der Waals surface area contributed by atoms with Crippen LogP contribution in [-0.2, 0) is 4.79 Å². The van der Waals surface area contributed by atoms with Crippen LogP contribution in [-0.4, -0.2) is 43.0 Å². The molecule has 2 aliphatic rings. The summed E-state index contributed by atoms with van der Waals surface area (Å²) in [6.07, 6.45) is 6.11. The van der Waals surface area contributed by atoms with E-state index in [-0.39, 0.29) is 42.7 Å². The Kier molecular flexibility index (Phi) is 9.72. The average Bonchev–Trinajstić information content (AvgIpc) is 2.58. The second kappa shape index (κ2) is 11.0. The molecule has 4 N–H and O–H groups in total. The summed E-state index contributed by atoms with van der Waals surface area (Å²) in [4.78, 5) is 15.0. The molecule has 0 bridgehead atoms. The molecule has 7 heteroatoms. The molecule has 148 valence electrons. The number of para-hydroxylation sites is 2. The molecule has 0 aromatic heterocycles. The quantitative estimate of drug-likeness (QED) is 0.720. The standard InChI is InChI=1S/C19H30N4O.2ClH/c1-23-11-9-16(10-12-23)21-17-7-2-3-8-18(17)22-19(24)14-5-4-6-15(20)13-14;;/h2-3,7-8,14-16,21H,4-6,9-13,20H2,1H3,(H,22,24);2*1H. The van der Waals surface area contributed by atoms with E-state index in [2.05, 4.69) is 28.6 Å². The van der Waals surface area contributed by atoms with Crippen molar-refractivity contribution in [3.8, 4) is 0 Å². The summed E-state index contributed by atoms with van der Waals surface area (Å²) in [7, 11) is 2.17. The SMILES string of the molecule is CN1CCC(Nc2ccccc2NC(=O)C2CCCC(N)C2)CC1.Cl.Cl. The number of benzene rings is 1. The van der Waals surface area contributed by atoms with Crippen LogP contribution in [0.15, 0.2) is 24.3 Å². The molecule has 1 aromatic rings. The van der Waals surface area contributed by atoms with Crippen LogP contribution >= 0.6 is 24.8 Å². The van der Waals surface area contributed by atoms with Gasteiger partial charge < -0.3 is 21.3 Å². The van der Waals surface area contributed by atoms with Crippen LogP contribution in [0, 0.1) is 5.92 Å². The highest BCUT2D eigenvalue weighted by Gasteiger charge is 2.26. The third-order valence-corrected chi connectivity index (χ3v) is 5.35. The Morgan fingerprint density at radius 3 is 2.38 bits per heavy atom. The van der Waals surface area contributed by atoms with Gasteiger partial charge in [-0.15, -0.1) is 24.8 Å². The molecule has 1 amide bonds. The van der Waals surface area contributed by atoms with E-state index in [1.165, 1.54) is 0 Å². The van der Waals surface area contributed by atoms with E-state index in [1.807, 2.05) is 18.2 Å². The van der Waals surface area contributed by atoms with Gasteiger partial charge in [0.15, 0.2) is 0 Å². The van der Waals surface area contributed by atoms with Crippen molar-refractivity contribution in [1.29, 1.82) is 0 Å². The summed E-state index contributed by atoms with van der Waals surface area (Å²) in [5, 5.41) is 6.75. The Morgan fingerprint density at radius 1 is 1.08 bits per heavy atom. The first-order valence-electron chi connectivity index (χ1n) is 9.22. The van der Waals surface area contributed by atoms with Gasteiger partial charge in [-0.25, -0.2) is 0 Å². The smallest absolute Gasteiger partial charge is 0.227 e. The first-order chi connectivity index (χ1) is 11.6. The summed E-state index contributed by atoms with van der Waals surface area (Å²) in [6.45, 7) is 2.23. The molecule has 1 aromatic carbocycles. The van der Waals surface area contributed by atoms with E-state index in [0.29, 0.717) is 6.04 Å². The van der Waals surface area contributed by atoms with E-state index < -0.39 is 0 Å². The van der Waals surface area contributed by atoms with Crippen LogP contribution in [0.25, 0.3) is 0 Å². The van der Waals surface area contributed by atoms with Gasteiger partial charge in [0, 0.05) is 18.0 Å². The third kappa shape index (κ3) is 6.31. The molecule has 1 saturated carbocycles. The molecule has 2 unspecified atom stereocenters. The first kappa shape index (κ1) is 23.0. The lowest BCUT2D eigenvalue weighted by Gasteiger charge is -2.31. The molecule has 0 spiro atoms. The maximum absolute atomic E-state index is 12.6. The average molecular weight is 403 g/mol. The monoisotopic (exact) mass is 402 g/mol. The molecular weight excluding hydrogens is 371 g/mol. The Balaban J connectivity index is 0.00000169. The minimum atomic E-state index is 0. The molecule has 1 heterocycles. The van der Waals surface area contributed by atoms with Gasteiger partial charge in [0.2, 0.25) is 5.91 Å². The molecule has 2 fully saturated rings. The Morgan fingerprint density at radius 2 is 1.73 bits per heavy atom. The van der Waals surface area contributed by atoms with Gasteiger partial charge in [-0.05, 0) is 64.4 Å². The number of amides is 1. The fourth-order valence-corrected chi connectivity index (χ4v) is 3.79. The zero-order chi connectivity index (χ0) is 16.9. The number of rotatable bonds is 4. The van der Waals surface area contributed by atoms with Crippen molar-refractivity contribution in [3.63, 3.8) is 0 Å². The number of carbonyl (C=O) groups excluding carboxylic acids is 1. The summed E-state index contributed by atoms with van der Waals surface area (Å²) >= 11 is 0. The van der Waals surface area contributed by atoms with Gasteiger partial charge in [-0.3, -0.25) is 4.79 Å². The van der Waals surface area contributed by atoms with Gasteiger partial charge >= 0.3 is 0 Å². The van der Waals surface area contributed by atoms with E-state index >= 15 is 0 Å². The van der Waals surface area contributed by atoms with Gasteiger partial charge in [0.25, 0.3) is 0 Å². The summed E-state index contributed by atoms with van der Waals surface area (Å²) in [5.41, 5.74) is 7.94. The van der Waals surface area contributed by atoms with Gasteiger partial charge in [-0.2, -0.15) is 0 Å². The molecule has 1 aliphatic heterocycles. The van der Waals surface area contributed by atoms with Crippen molar-refractivity contribution in [3.05, 3.63) is 24.3 Å². The number of likely N-dealkylation sites (tertiary alicyclic amines) is 1. The van der Waals surface area contributed by atoms with Crippen molar-refractivity contribution >= 4 is 42.1 Å². The topological polar surface area (TPSA) is 70.4 Å². The minimum absolute atomic E-state index is 0. The van der Waals surface area contributed by atoms with Crippen LogP contribution in [0.1, 0.15) is 38.5 Å². The fourth-order valence-electron chi connectivity index (χ4n) is 3.79. The van der Waals surface area contributed by atoms with Crippen molar-refractivity contribution in [2.45, 2.75) is 50.6 Å². The number of anilines is 2. The second-order valence-electron chi connectivity index (χ2n) is 7.38. The van der Waals surface area contributed by atoms with Gasteiger partial charge in [0.1, 0.15) is 0 Å². The van der Waals surface area contributed by atoms with E-state index in [9.17, 15) is 4.79 Å². The lowest BCUT2D eigenvalue weighted by molar-refractivity contribution is -0.120. The predicted molar refractivity (Wildman–Crippen MR) is 114 cm³/mol. The Hall–Kier alpha value is -1.01. The van der Waals surface area contributed by atoms with Crippen LogP contribution in [0.5, 0.6) is 0 Å². The van der Waals surface area contributed by atoms with E-state index in [4.69, 9.17) is 5.73 Å². The normalized spacial score (nSPS) is 24.1. The van der Waals surface area contributed by atoms with Crippen LogP contribution in [0.3, 0.4) is 0 Å². The maximum atomic E-state index is 12.6. The molecule has 0 radical (unpaired) electrons. The number of nitrogens with two attached hydrogens (primary N) is 1. The number of nitrogens with zero attached hydrogens (tertiary/aromatic N) is 1. The number of halogens is 2. The largest absolute Gasteiger partial charge is 0.381 e. The number of nitrogens with one attached hydrogen (secondary N) is 2. The zero-order valence-corrected chi connectivity index (χ0v) is 17.1. The van der Waals surface area contributed by atoms with Crippen LogP contribution < -0.4 is 16.4 Å². The third-order valence-electron chi connectivity index (χ3n) is 5.35. The van der Waals surface area contributed by atoms with Crippen LogP contribution in [0.2, 0.25) is 0 Å². The van der Waals surface area contributed by atoms with Crippen molar-refractivity contribution in [2.24, 2.45) is 11.7 Å². The van der Waals surface area contributed by atoms with Gasteiger partial charge in [-0.1, -0.05) is 18.6 Å². The predicted octanol–water partition coefficient (Wildman–Crippen LogP) is 3.49. The molecule has 2 atom stereocenters. The van der Waals surface area contributed by atoms with E-state index in [1.54, 1.807) is 0 Å². The molecule has 3 rings (SSSR count). The number of hydrogen-bond acceptors (Lipinski definition) is 4. The van der Waals surface area contributed by atoms with Crippen LogP contribution in [0.4, 0.5) is 11.4 Å². The maximum Gasteiger partial charge on any atom is 0.227 e. The number of hydrogen-bond donors (Lipinski definition) is 3. The van der Waals surface area contributed by atoms with Crippen molar-refractivity contribution in [1.82, 2.24) is 4.90 Å². The zero-order valence-electron chi connectivity index (χ0n) is 15.4. The molecule has 26 heavy (non-hydrogen) atoms. The Bertz CT molecular complexity index is 564. The van der Waals surface area contributed by atoms with Gasteiger partial charge in [0.05, 0.1) is 11.4 Å². The lowest BCUT2D eigenvalue weighted by Crippen LogP contribution is -2.37. The van der Waals surface area contributed by atoms with Crippen molar-refractivity contribution < 1.29 is 4.79 Å². The van der Waals surface area contributed by atoms with E-state index in [0.717, 1.165) is 63.0 Å². The lowest BCUT2D eigenvalue weighted by atomic mass is 9.85. The number of carbonyl (C=O) groups is 1. The summed E-state index contributed by atoms with van der Waals surface area (Å²) in [5.74, 6) is 0.160. The molecule has 5 nitrogen and oxygen atoms in total. The molecular formula is C19H32Cl2N4O. The molecule has 1 saturated heterocycles. The molecule has 1 aliphatic carbocycles. The second-order valence-corrected chi connectivity index (χ2v) is 7.38. The summed E-state index contributed by atoms with van der Waals surface area (Å²) in [6, 6.07) is 8.67. The highest BCUT2D eigenvalue weighted by atomic mass is 35.5. The van der Waals surface area contributed by atoms with Crippen molar-refractivity contribution in [2.75, 3.05) is 30.8 Å². The highest BCUT2D eigenvalue weighted by molar-refractivity contribution is 5.95. The first-order valence-corrected chi connectivity index (χ1v) is 9.22. The Labute approximate surface area is 169 Å². The minimum Gasteiger partial charge on any atom is -0.381 e. The fraction of sp³-hybridized carbons (Fsp3) is 0.632. The number of piperidine rings is 1.